The van der Waals surface area contributed by atoms with E-state index < -0.39 is 78.5 Å². The molecule has 0 aliphatic carbocycles. The van der Waals surface area contributed by atoms with Crippen molar-refractivity contribution in [3.63, 3.8) is 0 Å². The molecule has 5 unspecified atom stereocenters. The summed E-state index contributed by atoms with van der Waals surface area (Å²) in [6.45, 7) is 3.35. The predicted octanol–water partition coefficient (Wildman–Crippen LogP) is -1.61. The van der Waals surface area contributed by atoms with Crippen molar-refractivity contribution in [2.45, 2.75) is 70.1 Å². The first-order chi connectivity index (χ1) is 15.8. The van der Waals surface area contributed by atoms with E-state index in [9.17, 15) is 33.9 Å². The average molecular weight is 506 g/mol. The number of amides is 4. The van der Waals surface area contributed by atoms with Crippen molar-refractivity contribution >= 4 is 47.3 Å². The van der Waals surface area contributed by atoms with Crippen LogP contribution in [0.5, 0.6) is 0 Å². The van der Waals surface area contributed by atoms with Gasteiger partial charge in [-0.25, -0.2) is 4.79 Å². The molecular weight excluding hydrogens is 470 g/mol. The number of carbonyl (C=O) groups is 6. The van der Waals surface area contributed by atoms with Crippen LogP contribution < -0.4 is 27.4 Å². The van der Waals surface area contributed by atoms with Crippen molar-refractivity contribution in [1.82, 2.24) is 16.0 Å². The van der Waals surface area contributed by atoms with E-state index in [-0.39, 0.29) is 6.42 Å². The number of nitrogens with two attached hydrogens (primary N) is 2. The number of aliphatic carboxylic acids is 2. The van der Waals surface area contributed by atoms with Gasteiger partial charge in [0.2, 0.25) is 23.6 Å². The van der Waals surface area contributed by atoms with Crippen molar-refractivity contribution < 1.29 is 39.0 Å². The predicted molar refractivity (Wildman–Crippen MR) is 125 cm³/mol. The Morgan fingerprint density at radius 2 is 1.47 bits per heavy atom. The van der Waals surface area contributed by atoms with Gasteiger partial charge < -0.3 is 37.6 Å². The van der Waals surface area contributed by atoms with Gasteiger partial charge in [-0.05, 0) is 30.8 Å². The van der Waals surface area contributed by atoms with Gasteiger partial charge in [0.15, 0.2) is 0 Å². The lowest BCUT2D eigenvalue weighted by Gasteiger charge is -2.26. The summed E-state index contributed by atoms with van der Waals surface area (Å²) in [4.78, 5) is 71.8. The van der Waals surface area contributed by atoms with Gasteiger partial charge in [-0.15, -0.1) is 0 Å². The summed E-state index contributed by atoms with van der Waals surface area (Å²) >= 11 is 1.47. The van der Waals surface area contributed by atoms with Crippen LogP contribution in [-0.4, -0.2) is 82.0 Å². The highest BCUT2D eigenvalue weighted by Gasteiger charge is 2.32. The molecule has 0 aliphatic heterocycles. The first-order valence-corrected chi connectivity index (χ1v) is 12.1. The topological polar surface area (TPSA) is 231 Å². The van der Waals surface area contributed by atoms with E-state index in [1.807, 2.05) is 6.26 Å². The molecule has 0 saturated carbocycles. The average Bonchev–Trinajstić information content (AvgIpc) is 2.76. The van der Waals surface area contributed by atoms with Crippen molar-refractivity contribution in [2.75, 3.05) is 12.0 Å². The highest BCUT2D eigenvalue weighted by atomic mass is 32.2. The molecule has 13 nitrogen and oxygen atoms in total. The maximum atomic E-state index is 12.8. The van der Waals surface area contributed by atoms with E-state index in [0.717, 1.165) is 0 Å². The fourth-order valence-corrected chi connectivity index (χ4v) is 3.30. The van der Waals surface area contributed by atoms with Crippen LogP contribution in [0.1, 0.15) is 46.0 Å². The number of carboxylic acid groups (broad SMARTS) is 2. The van der Waals surface area contributed by atoms with Crippen LogP contribution in [0.3, 0.4) is 0 Å². The molecule has 0 spiro atoms. The van der Waals surface area contributed by atoms with Crippen molar-refractivity contribution in [3.8, 4) is 0 Å². The fourth-order valence-electron chi connectivity index (χ4n) is 2.81. The molecule has 0 aromatic rings. The smallest absolute Gasteiger partial charge is 0.326 e. The van der Waals surface area contributed by atoms with Gasteiger partial charge in [0, 0.05) is 6.42 Å². The molecule has 14 heteroatoms. The Balaban J connectivity index is 5.59. The summed E-state index contributed by atoms with van der Waals surface area (Å²) in [6, 6.07) is -5.12. The summed E-state index contributed by atoms with van der Waals surface area (Å²) < 4.78 is 0. The molecule has 0 rings (SSSR count). The van der Waals surface area contributed by atoms with Crippen LogP contribution >= 0.6 is 11.8 Å². The zero-order chi connectivity index (χ0) is 26.4. The number of hydrogen-bond acceptors (Lipinski definition) is 8. The summed E-state index contributed by atoms with van der Waals surface area (Å²) in [7, 11) is 0. The molecule has 9 N–H and O–H groups in total. The summed E-state index contributed by atoms with van der Waals surface area (Å²) in [5.74, 6) is -5.89. The quantitative estimate of drug-likeness (QED) is 0.119. The number of carboxylic acids is 2. The van der Waals surface area contributed by atoms with Crippen molar-refractivity contribution in [1.29, 1.82) is 0 Å². The van der Waals surface area contributed by atoms with Gasteiger partial charge in [0.1, 0.15) is 18.1 Å². The highest BCUT2D eigenvalue weighted by Crippen LogP contribution is 2.10. The molecule has 0 aromatic carbocycles. The van der Waals surface area contributed by atoms with Crippen LogP contribution in [0.25, 0.3) is 0 Å². The Labute approximate surface area is 202 Å². The van der Waals surface area contributed by atoms with Crippen LogP contribution in [-0.2, 0) is 28.8 Å². The Bertz CT molecular complexity index is 750. The van der Waals surface area contributed by atoms with E-state index in [0.29, 0.717) is 18.6 Å². The fraction of sp³-hybridized carbons (Fsp3) is 0.700. The second-order valence-electron chi connectivity index (χ2n) is 7.82. The minimum absolute atomic E-state index is 0.313. The Morgan fingerprint density at radius 3 is 1.94 bits per heavy atom. The third-order valence-corrected chi connectivity index (χ3v) is 5.71. The minimum atomic E-state index is -1.46. The molecule has 0 radical (unpaired) electrons. The Morgan fingerprint density at radius 1 is 0.912 bits per heavy atom. The zero-order valence-electron chi connectivity index (χ0n) is 19.5. The molecule has 0 aromatic heterocycles. The monoisotopic (exact) mass is 505 g/mol. The van der Waals surface area contributed by atoms with Gasteiger partial charge in [-0.2, -0.15) is 11.8 Å². The Kier molecular flexibility index (Phi) is 14.5. The van der Waals surface area contributed by atoms with E-state index in [1.54, 1.807) is 13.8 Å². The standard InChI is InChI=1S/C20H35N5O8S/c1-4-10(2)16(20(32)33)25-18(30)12(5-6-15(27)28)23-19(31)13(9-14(22)26)24-17(29)11(21)7-8-34-3/h10-13,16H,4-9,21H2,1-3H3,(H2,22,26)(H,23,31)(H,24,29)(H,25,30)(H,27,28)(H,32,33). The maximum absolute atomic E-state index is 12.8. The molecule has 0 aliphatic rings. The highest BCUT2D eigenvalue weighted by molar-refractivity contribution is 7.98. The van der Waals surface area contributed by atoms with E-state index in [1.165, 1.54) is 11.8 Å². The van der Waals surface area contributed by atoms with Crippen LogP contribution in [0, 0.1) is 5.92 Å². The SMILES string of the molecule is CCC(C)C(NC(=O)C(CCC(=O)O)NC(=O)C(CC(N)=O)NC(=O)C(N)CCSC)C(=O)O. The molecule has 5 atom stereocenters. The van der Waals surface area contributed by atoms with Gasteiger partial charge >= 0.3 is 11.9 Å². The van der Waals surface area contributed by atoms with Gasteiger partial charge in [0.05, 0.1) is 12.5 Å². The minimum Gasteiger partial charge on any atom is -0.481 e. The summed E-state index contributed by atoms with van der Waals surface area (Å²) in [5, 5.41) is 25.3. The molecule has 4 amide bonds. The van der Waals surface area contributed by atoms with Gasteiger partial charge in [-0.1, -0.05) is 20.3 Å². The first-order valence-electron chi connectivity index (χ1n) is 10.7. The Hall–Kier alpha value is -2.87. The molecule has 0 fully saturated rings. The molecule has 0 heterocycles. The van der Waals surface area contributed by atoms with Gasteiger partial charge in [0.25, 0.3) is 0 Å². The van der Waals surface area contributed by atoms with Crippen molar-refractivity contribution in [2.24, 2.45) is 17.4 Å². The summed E-state index contributed by atoms with van der Waals surface area (Å²) in [6.07, 6.45) is 1.12. The third-order valence-electron chi connectivity index (χ3n) is 5.06. The maximum Gasteiger partial charge on any atom is 0.326 e. The number of thioether (sulfide) groups is 1. The number of hydrogen-bond donors (Lipinski definition) is 7. The number of carbonyl (C=O) groups excluding carboxylic acids is 4. The largest absolute Gasteiger partial charge is 0.481 e. The number of rotatable bonds is 17. The van der Waals surface area contributed by atoms with Crippen LogP contribution in [0.4, 0.5) is 0 Å². The number of primary amides is 1. The van der Waals surface area contributed by atoms with E-state index in [4.69, 9.17) is 16.6 Å². The molecule has 0 bridgehead atoms. The second kappa shape index (κ2) is 15.9. The van der Waals surface area contributed by atoms with Gasteiger partial charge in [-0.3, -0.25) is 24.0 Å². The second-order valence-corrected chi connectivity index (χ2v) is 8.81. The normalized spacial score (nSPS) is 15.2. The summed E-state index contributed by atoms with van der Waals surface area (Å²) in [5.41, 5.74) is 11.0. The molecule has 194 valence electrons. The molecular formula is C20H35N5O8S. The van der Waals surface area contributed by atoms with Crippen LogP contribution in [0.15, 0.2) is 0 Å². The van der Waals surface area contributed by atoms with Crippen molar-refractivity contribution in [3.05, 3.63) is 0 Å². The lowest BCUT2D eigenvalue weighted by molar-refractivity contribution is -0.144. The van der Waals surface area contributed by atoms with E-state index >= 15 is 0 Å². The first kappa shape index (κ1) is 31.1. The molecule has 34 heavy (non-hydrogen) atoms. The molecule has 0 saturated heterocycles. The van der Waals surface area contributed by atoms with E-state index in [2.05, 4.69) is 16.0 Å². The lowest BCUT2D eigenvalue weighted by atomic mass is 9.98. The van der Waals surface area contributed by atoms with Crippen LogP contribution in [0.2, 0.25) is 0 Å². The number of nitrogens with one attached hydrogen (secondary N) is 3. The lowest BCUT2D eigenvalue weighted by Crippen LogP contribution is -2.58. The third kappa shape index (κ3) is 11.8. The zero-order valence-corrected chi connectivity index (χ0v) is 20.4.